The van der Waals surface area contributed by atoms with Gasteiger partial charge in [0.25, 0.3) is 0 Å². The van der Waals surface area contributed by atoms with Crippen LogP contribution in [0.1, 0.15) is 46.3 Å². The number of amides is 1. The van der Waals surface area contributed by atoms with Gasteiger partial charge in [-0.15, -0.1) is 0 Å². The van der Waals surface area contributed by atoms with E-state index in [1.165, 1.54) is 12.1 Å². The minimum Gasteiger partial charge on any atom is -0.326 e. The summed E-state index contributed by atoms with van der Waals surface area (Å²) in [5, 5.41) is 3.99. The highest BCUT2D eigenvalue weighted by atomic mass is 35.5. The summed E-state index contributed by atoms with van der Waals surface area (Å²) in [5.41, 5.74) is 2.89. The molecule has 0 aromatic heterocycles. The zero-order valence-corrected chi connectivity index (χ0v) is 22.4. The van der Waals surface area contributed by atoms with E-state index in [0.717, 1.165) is 5.56 Å². The molecule has 0 aliphatic heterocycles. The lowest BCUT2D eigenvalue weighted by atomic mass is 9.89. The summed E-state index contributed by atoms with van der Waals surface area (Å²) in [7, 11) is -3.31. The van der Waals surface area contributed by atoms with Gasteiger partial charge in [0.15, 0.2) is 15.6 Å². The molecule has 8 heteroatoms. The van der Waals surface area contributed by atoms with Crippen molar-refractivity contribution in [1.29, 1.82) is 0 Å². The number of halogens is 2. The Morgan fingerprint density at radius 2 is 1.65 bits per heavy atom. The number of hydrogen-bond donors (Lipinski definition) is 1. The summed E-state index contributed by atoms with van der Waals surface area (Å²) in [6.45, 7) is 1.59. The molecule has 1 aliphatic carbocycles. The minimum absolute atomic E-state index is 0.00933. The topological polar surface area (TPSA) is 80.3 Å². The molecule has 0 saturated carbocycles. The van der Waals surface area contributed by atoms with E-state index in [-0.39, 0.29) is 34.7 Å². The maximum absolute atomic E-state index is 13.2. The van der Waals surface area contributed by atoms with Crippen molar-refractivity contribution in [2.75, 3.05) is 11.1 Å². The highest BCUT2D eigenvalue weighted by Gasteiger charge is 2.22. The Hall–Kier alpha value is -3.19. The van der Waals surface area contributed by atoms with E-state index in [1.54, 1.807) is 61.5 Å². The van der Waals surface area contributed by atoms with Crippen LogP contribution in [0.5, 0.6) is 0 Å². The molecule has 0 saturated heterocycles. The number of nitrogens with one attached hydrogen (secondary N) is 1. The van der Waals surface area contributed by atoms with Gasteiger partial charge in [-0.2, -0.15) is 0 Å². The molecule has 0 spiro atoms. The Labute approximate surface area is 226 Å². The summed E-state index contributed by atoms with van der Waals surface area (Å²) >= 11 is 12.6. The highest BCUT2D eigenvalue weighted by Crippen LogP contribution is 2.38. The average molecular weight is 554 g/mol. The zero-order chi connectivity index (χ0) is 26.6. The number of benzene rings is 3. The van der Waals surface area contributed by atoms with E-state index in [9.17, 15) is 18.0 Å². The second-order valence-electron chi connectivity index (χ2n) is 8.72. The molecule has 0 fully saturated rings. The van der Waals surface area contributed by atoms with Gasteiger partial charge in [0.1, 0.15) is 0 Å². The fourth-order valence-corrected chi connectivity index (χ4v) is 5.59. The van der Waals surface area contributed by atoms with Crippen LogP contribution in [0.2, 0.25) is 0 Å². The van der Waals surface area contributed by atoms with E-state index in [4.69, 9.17) is 23.2 Å². The minimum atomic E-state index is -3.31. The summed E-state index contributed by atoms with van der Waals surface area (Å²) < 4.78 is 24.1. The summed E-state index contributed by atoms with van der Waals surface area (Å²) in [6, 6.07) is 20.5. The number of rotatable bonds is 8. The van der Waals surface area contributed by atoms with Crippen molar-refractivity contribution in [1.82, 2.24) is 0 Å². The van der Waals surface area contributed by atoms with Crippen LogP contribution < -0.4 is 5.32 Å². The molecule has 3 aromatic carbocycles. The van der Waals surface area contributed by atoms with E-state index < -0.39 is 9.84 Å². The Morgan fingerprint density at radius 3 is 2.30 bits per heavy atom. The molecular formula is C29H25Cl2NO4S. The van der Waals surface area contributed by atoms with Gasteiger partial charge >= 0.3 is 0 Å². The number of sulfone groups is 1. The Kier molecular flexibility index (Phi) is 8.32. The Bertz CT molecular complexity index is 1490. The van der Waals surface area contributed by atoms with E-state index >= 15 is 0 Å². The van der Waals surface area contributed by atoms with Gasteiger partial charge in [0.05, 0.1) is 17.1 Å². The smallest absolute Gasteiger partial charge is 0.228 e. The van der Waals surface area contributed by atoms with E-state index in [0.29, 0.717) is 38.9 Å². The SMILES string of the molecule is CCS(=O)(=O)c1ccc(CC(=O)Nc2cc(C(=O)c3ccccc3)cc(C3CC=C(Cl)C=C3Cl)c2)cc1. The second-order valence-corrected chi connectivity index (χ2v) is 11.9. The highest BCUT2D eigenvalue weighted by molar-refractivity contribution is 7.91. The predicted octanol–water partition coefficient (Wildman–Crippen LogP) is 6.63. The van der Waals surface area contributed by atoms with Crippen LogP contribution in [0.15, 0.2) is 99.9 Å². The van der Waals surface area contributed by atoms with Gasteiger partial charge in [-0.1, -0.05) is 78.7 Å². The Balaban J connectivity index is 1.60. The predicted molar refractivity (Wildman–Crippen MR) is 148 cm³/mol. The largest absolute Gasteiger partial charge is 0.326 e. The summed E-state index contributed by atoms with van der Waals surface area (Å²) in [6.07, 6.45) is 4.16. The van der Waals surface area contributed by atoms with Crippen LogP contribution in [0.4, 0.5) is 5.69 Å². The molecule has 1 atom stereocenters. The van der Waals surface area contributed by atoms with Crippen LogP contribution in [-0.4, -0.2) is 25.9 Å². The zero-order valence-electron chi connectivity index (χ0n) is 20.1. The number of carbonyl (C=O) groups excluding carboxylic acids is 2. The number of anilines is 1. The number of carbonyl (C=O) groups is 2. The molecule has 4 rings (SSSR count). The van der Waals surface area contributed by atoms with Gasteiger partial charge in [-0.25, -0.2) is 8.42 Å². The van der Waals surface area contributed by atoms with Crippen LogP contribution in [0.3, 0.4) is 0 Å². The number of ketones is 1. The fourth-order valence-electron chi connectivity index (χ4n) is 4.11. The molecular weight excluding hydrogens is 529 g/mol. The molecule has 0 radical (unpaired) electrons. The number of allylic oxidation sites excluding steroid dienone is 4. The van der Waals surface area contributed by atoms with Crippen molar-refractivity contribution in [3.63, 3.8) is 0 Å². The third-order valence-corrected chi connectivity index (χ3v) is 8.51. The lowest BCUT2D eigenvalue weighted by Gasteiger charge is -2.20. The van der Waals surface area contributed by atoms with Crippen LogP contribution in [-0.2, 0) is 21.1 Å². The first-order valence-electron chi connectivity index (χ1n) is 11.8. The lowest BCUT2D eigenvalue weighted by Crippen LogP contribution is -2.16. The Morgan fingerprint density at radius 1 is 0.946 bits per heavy atom. The molecule has 1 aliphatic rings. The average Bonchev–Trinajstić information content (AvgIpc) is 2.88. The van der Waals surface area contributed by atoms with Gasteiger partial charge < -0.3 is 5.32 Å². The van der Waals surface area contributed by atoms with Crippen LogP contribution >= 0.6 is 23.2 Å². The number of hydrogen-bond acceptors (Lipinski definition) is 4. The van der Waals surface area contributed by atoms with E-state index in [1.807, 2.05) is 18.2 Å². The monoisotopic (exact) mass is 553 g/mol. The third-order valence-electron chi connectivity index (χ3n) is 6.12. The fraction of sp³-hybridized carbons (Fsp3) is 0.172. The molecule has 5 nitrogen and oxygen atoms in total. The molecule has 0 bridgehead atoms. The first kappa shape index (κ1) is 26.9. The normalized spacial score (nSPS) is 15.5. The molecule has 1 unspecified atom stereocenters. The van der Waals surface area contributed by atoms with Crippen LogP contribution in [0, 0.1) is 0 Å². The standard InChI is InChI=1S/C29H25Cl2NO4S/c1-2-37(35,36)25-11-8-19(9-12-25)14-28(33)32-24-16-21(26-13-10-23(30)18-27(26)31)15-22(17-24)29(34)20-6-4-3-5-7-20/h3-12,15-18,26H,2,13-14H2,1H3,(H,32,33). The summed E-state index contributed by atoms with van der Waals surface area (Å²) in [5.74, 6) is -0.656. The molecule has 1 N–H and O–H groups in total. The second kappa shape index (κ2) is 11.5. The van der Waals surface area contributed by atoms with Crippen molar-refractivity contribution in [3.8, 4) is 0 Å². The van der Waals surface area contributed by atoms with Crippen molar-refractivity contribution in [2.45, 2.75) is 30.6 Å². The summed E-state index contributed by atoms with van der Waals surface area (Å²) in [4.78, 5) is 26.4. The molecule has 0 heterocycles. The third kappa shape index (κ3) is 6.58. The van der Waals surface area contributed by atoms with Gasteiger partial charge in [-0.3, -0.25) is 9.59 Å². The van der Waals surface area contributed by atoms with Crippen molar-refractivity contribution >= 4 is 50.4 Å². The van der Waals surface area contributed by atoms with Crippen molar-refractivity contribution in [3.05, 3.63) is 117 Å². The first-order chi connectivity index (χ1) is 17.7. The maximum Gasteiger partial charge on any atom is 0.228 e. The molecule has 190 valence electrons. The van der Waals surface area contributed by atoms with Crippen molar-refractivity contribution in [2.24, 2.45) is 0 Å². The lowest BCUT2D eigenvalue weighted by molar-refractivity contribution is -0.115. The molecule has 1 amide bonds. The van der Waals surface area contributed by atoms with Gasteiger partial charge in [-0.05, 0) is 54.0 Å². The van der Waals surface area contributed by atoms with Gasteiger partial charge in [0.2, 0.25) is 5.91 Å². The van der Waals surface area contributed by atoms with E-state index in [2.05, 4.69) is 5.32 Å². The van der Waals surface area contributed by atoms with Gasteiger partial charge in [0, 0.05) is 32.8 Å². The van der Waals surface area contributed by atoms with Crippen molar-refractivity contribution < 1.29 is 18.0 Å². The maximum atomic E-state index is 13.2. The first-order valence-corrected chi connectivity index (χ1v) is 14.2. The molecule has 37 heavy (non-hydrogen) atoms. The quantitative estimate of drug-likeness (QED) is 0.317. The van der Waals surface area contributed by atoms with Crippen LogP contribution in [0.25, 0.3) is 0 Å². The molecule has 3 aromatic rings.